The largest absolute Gasteiger partial charge is 0.480 e. The summed E-state index contributed by atoms with van der Waals surface area (Å²) in [4.78, 5) is 31.7. The zero-order valence-electron chi connectivity index (χ0n) is 8.62. The van der Waals surface area contributed by atoms with E-state index in [9.17, 15) is 19.7 Å². The molecular formula is C9H5ClN2O5S. The van der Waals surface area contributed by atoms with Crippen LogP contribution in [0.25, 0.3) is 10.2 Å². The summed E-state index contributed by atoms with van der Waals surface area (Å²) >= 11 is 6.46. The molecule has 0 fully saturated rings. The molecule has 94 valence electrons. The second-order valence-corrected chi connectivity index (χ2v) is 4.78. The van der Waals surface area contributed by atoms with Crippen molar-refractivity contribution >= 4 is 44.8 Å². The van der Waals surface area contributed by atoms with E-state index in [1.54, 1.807) is 0 Å². The maximum atomic E-state index is 11.6. The van der Waals surface area contributed by atoms with Gasteiger partial charge in [-0.3, -0.25) is 24.3 Å². The maximum absolute atomic E-state index is 11.6. The van der Waals surface area contributed by atoms with Crippen molar-refractivity contribution in [1.82, 2.24) is 4.57 Å². The van der Waals surface area contributed by atoms with Crippen LogP contribution >= 0.6 is 22.9 Å². The minimum atomic E-state index is -1.17. The number of nitrogens with zero attached hydrogens (tertiary/aromatic N) is 2. The molecular weight excluding hydrogens is 284 g/mol. The van der Waals surface area contributed by atoms with E-state index in [1.165, 1.54) is 12.1 Å². The predicted molar refractivity (Wildman–Crippen MR) is 65.4 cm³/mol. The number of aliphatic carboxylic acids is 1. The number of nitro groups is 1. The first kappa shape index (κ1) is 12.5. The molecule has 1 aromatic carbocycles. The Morgan fingerprint density at radius 3 is 2.78 bits per heavy atom. The number of benzene rings is 1. The molecule has 0 unspecified atom stereocenters. The number of halogens is 1. The van der Waals surface area contributed by atoms with E-state index in [0.29, 0.717) is 4.70 Å². The molecule has 0 spiro atoms. The zero-order chi connectivity index (χ0) is 13.4. The minimum absolute atomic E-state index is 0.135. The highest BCUT2D eigenvalue weighted by atomic mass is 35.5. The molecule has 0 atom stereocenters. The number of thiazole rings is 1. The first-order chi connectivity index (χ1) is 8.40. The monoisotopic (exact) mass is 288 g/mol. The molecule has 9 heteroatoms. The van der Waals surface area contributed by atoms with E-state index < -0.39 is 22.3 Å². The number of aromatic nitrogens is 1. The smallest absolute Gasteiger partial charge is 0.323 e. The molecule has 0 radical (unpaired) electrons. The summed E-state index contributed by atoms with van der Waals surface area (Å²) in [5.41, 5.74) is -0.0316. The molecule has 0 aliphatic rings. The maximum Gasteiger partial charge on any atom is 0.323 e. The first-order valence-electron chi connectivity index (χ1n) is 4.59. The van der Waals surface area contributed by atoms with Crippen molar-refractivity contribution in [2.75, 3.05) is 0 Å². The Morgan fingerprint density at radius 2 is 2.22 bits per heavy atom. The van der Waals surface area contributed by atoms with Gasteiger partial charge in [0.15, 0.2) is 0 Å². The van der Waals surface area contributed by atoms with Gasteiger partial charge in [0.2, 0.25) is 0 Å². The zero-order valence-corrected chi connectivity index (χ0v) is 10.2. The molecule has 2 rings (SSSR count). The van der Waals surface area contributed by atoms with Crippen molar-refractivity contribution < 1.29 is 14.8 Å². The standard InChI is InChI=1S/C9H5ClN2O5S/c10-4-1-6-7(2-5(4)12(16)17)18-9(15)11(6)3-8(13)14/h1-2H,3H2,(H,13,14). The third-order valence-corrected chi connectivity index (χ3v) is 3.47. The third-order valence-electron chi connectivity index (χ3n) is 2.23. The fourth-order valence-corrected chi connectivity index (χ4v) is 2.63. The highest BCUT2D eigenvalue weighted by molar-refractivity contribution is 7.16. The van der Waals surface area contributed by atoms with Crippen molar-refractivity contribution in [1.29, 1.82) is 0 Å². The highest BCUT2D eigenvalue weighted by Crippen LogP contribution is 2.31. The van der Waals surface area contributed by atoms with Gasteiger partial charge in [-0.25, -0.2) is 0 Å². The van der Waals surface area contributed by atoms with Crippen LogP contribution < -0.4 is 4.87 Å². The molecule has 0 bridgehead atoms. The molecule has 2 aromatic rings. The van der Waals surface area contributed by atoms with Crippen LogP contribution in [0.15, 0.2) is 16.9 Å². The van der Waals surface area contributed by atoms with Gasteiger partial charge in [0, 0.05) is 6.07 Å². The van der Waals surface area contributed by atoms with E-state index in [2.05, 4.69) is 0 Å². The molecule has 0 aliphatic heterocycles. The number of nitro benzene ring substituents is 1. The Labute approximate surface area is 108 Å². The van der Waals surface area contributed by atoms with Gasteiger partial charge in [-0.15, -0.1) is 0 Å². The number of carboxylic acids is 1. The molecule has 18 heavy (non-hydrogen) atoms. The Bertz CT molecular complexity index is 720. The lowest BCUT2D eigenvalue weighted by molar-refractivity contribution is -0.384. The lowest BCUT2D eigenvalue weighted by Gasteiger charge is -2.00. The van der Waals surface area contributed by atoms with Crippen LogP contribution in [-0.2, 0) is 11.3 Å². The van der Waals surface area contributed by atoms with E-state index in [1.807, 2.05) is 0 Å². The molecule has 0 aliphatic carbocycles. The Kier molecular flexibility index (Phi) is 3.05. The Morgan fingerprint density at radius 1 is 1.56 bits per heavy atom. The first-order valence-corrected chi connectivity index (χ1v) is 5.78. The molecule has 7 nitrogen and oxygen atoms in total. The fraction of sp³-hybridized carbons (Fsp3) is 0.111. The summed E-state index contributed by atoms with van der Waals surface area (Å²) in [6, 6.07) is 2.40. The van der Waals surface area contributed by atoms with Gasteiger partial charge in [0.05, 0.1) is 15.1 Å². The second-order valence-electron chi connectivity index (χ2n) is 3.38. The average Bonchev–Trinajstić information content (AvgIpc) is 2.54. The van der Waals surface area contributed by atoms with Crippen LogP contribution in [0.5, 0.6) is 0 Å². The summed E-state index contributed by atoms with van der Waals surface area (Å²) in [6.07, 6.45) is 0. The van der Waals surface area contributed by atoms with Crippen LogP contribution in [-0.4, -0.2) is 20.6 Å². The Balaban J connectivity index is 2.73. The predicted octanol–water partition coefficient (Wildman–Crippen LogP) is 1.71. The van der Waals surface area contributed by atoms with Gasteiger partial charge in [0.25, 0.3) is 5.69 Å². The number of fused-ring (bicyclic) bond motifs is 1. The van der Waals surface area contributed by atoms with Gasteiger partial charge >= 0.3 is 10.8 Å². The lowest BCUT2D eigenvalue weighted by atomic mass is 10.3. The minimum Gasteiger partial charge on any atom is -0.480 e. The van der Waals surface area contributed by atoms with Crippen molar-refractivity contribution in [2.24, 2.45) is 0 Å². The van der Waals surface area contributed by atoms with Crippen LogP contribution in [0.2, 0.25) is 5.02 Å². The number of rotatable bonds is 3. The normalized spacial score (nSPS) is 10.7. The lowest BCUT2D eigenvalue weighted by Crippen LogP contribution is -2.18. The van der Waals surface area contributed by atoms with Crippen LogP contribution in [0.1, 0.15) is 0 Å². The van der Waals surface area contributed by atoms with Gasteiger partial charge in [-0.2, -0.15) is 0 Å². The highest BCUT2D eigenvalue weighted by Gasteiger charge is 2.18. The summed E-state index contributed by atoms with van der Waals surface area (Å²) < 4.78 is 1.34. The Hall–Kier alpha value is -1.93. The third kappa shape index (κ3) is 2.07. The average molecular weight is 289 g/mol. The van der Waals surface area contributed by atoms with Gasteiger partial charge < -0.3 is 5.11 Å². The second kappa shape index (κ2) is 4.39. The van der Waals surface area contributed by atoms with Crippen molar-refractivity contribution in [2.45, 2.75) is 6.54 Å². The van der Waals surface area contributed by atoms with Crippen molar-refractivity contribution in [3.63, 3.8) is 0 Å². The fourth-order valence-electron chi connectivity index (χ4n) is 1.50. The molecule has 1 heterocycles. The van der Waals surface area contributed by atoms with Crippen LogP contribution in [0.3, 0.4) is 0 Å². The van der Waals surface area contributed by atoms with Gasteiger partial charge in [-0.05, 0) is 6.07 Å². The van der Waals surface area contributed by atoms with E-state index in [-0.39, 0.29) is 16.2 Å². The van der Waals surface area contributed by atoms with Gasteiger partial charge in [-0.1, -0.05) is 22.9 Å². The molecule has 0 saturated carbocycles. The van der Waals surface area contributed by atoms with E-state index >= 15 is 0 Å². The van der Waals surface area contributed by atoms with Crippen molar-refractivity contribution in [3.8, 4) is 0 Å². The van der Waals surface area contributed by atoms with Crippen molar-refractivity contribution in [3.05, 3.63) is 36.9 Å². The number of hydrogen-bond acceptors (Lipinski definition) is 5. The van der Waals surface area contributed by atoms with E-state index in [4.69, 9.17) is 16.7 Å². The summed E-state index contributed by atoms with van der Waals surface area (Å²) in [5, 5.41) is 19.2. The quantitative estimate of drug-likeness (QED) is 0.684. The summed E-state index contributed by atoms with van der Waals surface area (Å²) in [5.74, 6) is -1.17. The summed E-state index contributed by atoms with van der Waals surface area (Å²) in [7, 11) is 0. The molecule has 1 aromatic heterocycles. The number of hydrogen-bond donors (Lipinski definition) is 1. The van der Waals surface area contributed by atoms with Crippen LogP contribution in [0.4, 0.5) is 5.69 Å². The van der Waals surface area contributed by atoms with Crippen LogP contribution in [0, 0.1) is 10.1 Å². The van der Waals surface area contributed by atoms with Gasteiger partial charge in [0.1, 0.15) is 11.6 Å². The topological polar surface area (TPSA) is 102 Å². The molecule has 1 N–H and O–H groups in total. The number of carbonyl (C=O) groups is 1. The number of carboxylic acid groups (broad SMARTS) is 1. The summed E-state index contributed by atoms with van der Waals surface area (Å²) in [6.45, 7) is -0.507. The SMILES string of the molecule is O=C(O)Cn1c(=O)sc2cc([N+](=O)[O-])c(Cl)cc21. The molecule has 0 amide bonds. The molecule has 0 saturated heterocycles. The van der Waals surface area contributed by atoms with E-state index in [0.717, 1.165) is 15.9 Å².